The Bertz CT molecular complexity index is 274. The molecule has 0 atom stereocenters. The quantitative estimate of drug-likeness (QED) is 0.335. The minimum Gasteiger partial charge on any atom is -0.434 e. The van der Waals surface area contributed by atoms with E-state index in [0.717, 1.165) is 0 Å². The summed E-state index contributed by atoms with van der Waals surface area (Å²) in [5.74, 6) is 0.946. The van der Waals surface area contributed by atoms with Crippen LogP contribution >= 0.6 is 11.6 Å². The summed E-state index contributed by atoms with van der Waals surface area (Å²) in [5, 5.41) is 0. The smallest absolute Gasteiger partial charge is 0.434 e. The second kappa shape index (κ2) is 6.27. The van der Waals surface area contributed by atoms with E-state index in [2.05, 4.69) is 0 Å². The zero-order valence-corrected chi connectivity index (χ0v) is 8.37. The van der Waals surface area contributed by atoms with E-state index in [4.69, 9.17) is 21.1 Å². The van der Waals surface area contributed by atoms with Crippen LogP contribution in [0.4, 0.5) is 4.79 Å². The maximum absolute atomic E-state index is 11.0. The Hall–Kier alpha value is -1.22. The maximum atomic E-state index is 11.0. The van der Waals surface area contributed by atoms with Gasteiger partial charge in [0, 0.05) is 5.88 Å². The van der Waals surface area contributed by atoms with Crippen molar-refractivity contribution in [1.29, 1.82) is 0 Å². The number of alkyl halides is 1. The fourth-order valence-electron chi connectivity index (χ4n) is 0.824. The molecular weight excluding hydrogens is 204 g/mol. The van der Waals surface area contributed by atoms with Gasteiger partial charge in [-0.05, 0) is 18.6 Å². The van der Waals surface area contributed by atoms with Crippen LogP contribution in [-0.2, 0) is 4.74 Å². The van der Waals surface area contributed by atoms with Crippen molar-refractivity contribution in [3.8, 4) is 5.75 Å². The molecule has 0 aliphatic carbocycles. The normalized spacial score (nSPS) is 9.50. The van der Waals surface area contributed by atoms with E-state index in [9.17, 15) is 4.79 Å². The first-order valence-electron chi connectivity index (χ1n) is 4.28. The summed E-state index contributed by atoms with van der Waals surface area (Å²) in [6.07, 6.45) is -0.0628. The fraction of sp³-hybridized carbons (Fsp3) is 0.300. The molecule has 0 amide bonds. The summed E-state index contributed by atoms with van der Waals surface area (Å²) >= 11 is 5.41. The average molecular weight is 215 g/mol. The third-order valence-corrected chi connectivity index (χ3v) is 1.71. The van der Waals surface area contributed by atoms with E-state index in [1.54, 1.807) is 24.3 Å². The number of rotatable bonds is 4. The highest BCUT2D eigenvalue weighted by molar-refractivity contribution is 6.17. The number of ether oxygens (including phenoxy) is 2. The van der Waals surface area contributed by atoms with Crippen molar-refractivity contribution in [3.05, 3.63) is 30.3 Å². The number of carbonyl (C=O) groups is 1. The summed E-state index contributed by atoms with van der Waals surface area (Å²) in [6.45, 7) is 0.287. The van der Waals surface area contributed by atoms with E-state index >= 15 is 0 Å². The van der Waals surface area contributed by atoms with Crippen LogP contribution in [0.5, 0.6) is 5.75 Å². The van der Waals surface area contributed by atoms with Crippen molar-refractivity contribution >= 4 is 17.8 Å². The van der Waals surface area contributed by atoms with Crippen molar-refractivity contribution in [2.45, 2.75) is 6.42 Å². The van der Waals surface area contributed by atoms with Crippen LogP contribution in [0.25, 0.3) is 0 Å². The zero-order chi connectivity index (χ0) is 10.2. The first kappa shape index (κ1) is 10.9. The lowest BCUT2D eigenvalue weighted by Gasteiger charge is -2.04. The van der Waals surface area contributed by atoms with Crippen LogP contribution in [0.2, 0.25) is 0 Å². The molecule has 14 heavy (non-hydrogen) atoms. The van der Waals surface area contributed by atoms with Gasteiger partial charge in [-0.2, -0.15) is 0 Å². The van der Waals surface area contributed by atoms with Gasteiger partial charge in [0.25, 0.3) is 0 Å². The van der Waals surface area contributed by atoms with Gasteiger partial charge in [-0.25, -0.2) is 4.79 Å². The number of hydrogen-bond donors (Lipinski definition) is 0. The SMILES string of the molecule is O=C(OCCCCl)Oc1ccccc1. The Morgan fingerprint density at radius 1 is 1.29 bits per heavy atom. The second-order valence-electron chi connectivity index (χ2n) is 2.56. The lowest BCUT2D eigenvalue weighted by molar-refractivity contribution is 0.0994. The first-order valence-corrected chi connectivity index (χ1v) is 4.82. The van der Waals surface area contributed by atoms with E-state index in [0.29, 0.717) is 18.1 Å². The highest BCUT2D eigenvalue weighted by Crippen LogP contribution is 2.09. The average Bonchev–Trinajstić information content (AvgIpc) is 2.20. The van der Waals surface area contributed by atoms with E-state index in [-0.39, 0.29) is 6.61 Å². The molecule has 0 unspecified atom stereocenters. The van der Waals surface area contributed by atoms with Crippen molar-refractivity contribution in [2.75, 3.05) is 12.5 Å². The molecule has 4 heteroatoms. The Morgan fingerprint density at radius 3 is 2.64 bits per heavy atom. The van der Waals surface area contributed by atoms with Crippen LogP contribution in [0.1, 0.15) is 6.42 Å². The minimum absolute atomic E-state index is 0.287. The summed E-state index contributed by atoms with van der Waals surface area (Å²) in [5.41, 5.74) is 0. The molecule has 0 saturated carbocycles. The third kappa shape index (κ3) is 4.14. The van der Waals surface area contributed by atoms with Crippen LogP contribution < -0.4 is 4.74 Å². The summed E-state index contributed by atoms with van der Waals surface area (Å²) in [4.78, 5) is 11.0. The molecule has 0 aromatic heterocycles. The highest BCUT2D eigenvalue weighted by atomic mass is 35.5. The van der Waals surface area contributed by atoms with Gasteiger partial charge in [-0.1, -0.05) is 18.2 Å². The van der Waals surface area contributed by atoms with Gasteiger partial charge in [0.1, 0.15) is 5.75 Å². The molecule has 1 rings (SSSR count). The van der Waals surface area contributed by atoms with Crippen molar-refractivity contribution < 1.29 is 14.3 Å². The molecule has 0 aliphatic heterocycles. The fourth-order valence-corrected chi connectivity index (χ4v) is 0.933. The maximum Gasteiger partial charge on any atom is 0.513 e. The van der Waals surface area contributed by atoms with Gasteiger partial charge in [-0.15, -0.1) is 11.6 Å². The summed E-state index contributed by atoms with van der Waals surface area (Å²) in [6, 6.07) is 8.76. The standard InChI is InChI=1S/C10H11ClO3/c11-7-4-8-13-10(12)14-9-5-2-1-3-6-9/h1-3,5-6H,4,7-8H2. The third-order valence-electron chi connectivity index (χ3n) is 1.44. The molecule has 0 aliphatic rings. The van der Waals surface area contributed by atoms with Crippen molar-refractivity contribution in [3.63, 3.8) is 0 Å². The Balaban J connectivity index is 2.27. The predicted octanol–water partition coefficient (Wildman–Crippen LogP) is 2.83. The van der Waals surface area contributed by atoms with Crippen LogP contribution in [0.3, 0.4) is 0 Å². The van der Waals surface area contributed by atoms with Crippen LogP contribution in [-0.4, -0.2) is 18.6 Å². The molecule has 1 aromatic carbocycles. The summed E-state index contributed by atoms with van der Waals surface area (Å²) in [7, 11) is 0. The van der Waals surface area contributed by atoms with E-state index < -0.39 is 6.16 Å². The van der Waals surface area contributed by atoms with Crippen molar-refractivity contribution in [1.82, 2.24) is 0 Å². The van der Waals surface area contributed by atoms with Gasteiger partial charge in [-0.3, -0.25) is 0 Å². The van der Waals surface area contributed by atoms with Gasteiger partial charge in [0.2, 0.25) is 0 Å². The molecule has 0 spiro atoms. The van der Waals surface area contributed by atoms with E-state index in [1.807, 2.05) is 6.07 Å². The van der Waals surface area contributed by atoms with Gasteiger partial charge >= 0.3 is 6.16 Å². The summed E-state index contributed by atoms with van der Waals surface area (Å²) < 4.78 is 9.60. The number of hydrogen-bond acceptors (Lipinski definition) is 3. The van der Waals surface area contributed by atoms with Crippen molar-refractivity contribution in [2.24, 2.45) is 0 Å². The zero-order valence-electron chi connectivity index (χ0n) is 7.61. The molecule has 1 aromatic rings. The van der Waals surface area contributed by atoms with Gasteiger partial charge < -0.3 is 9.47 Å². The molecule has 0 saturated heterocycles. The number of para-hydroxylation sites is 1. The highest BCUT2D eigenvalue weighted by Gasteiger charge is 2.04. The van der Waals surface area contributed by atoms with Crippen LogP contribution in [0, 0.1) is 0 Å². The molecule has 0 radical (unpaired) electrons. The number of benzene rings is 1. The van der Waals surface area contributed by atoms with Gasteiger partial charge in [0.05, 0.1) is 6.61 Å². The molecule has 0 fully saturated rings. The second-order valence-corrected chi connectivity index (χ2v) is 2.93. The topological polar surface area (TPSA) is 35.5 Å². The lowest BCUT2D eigenvalue weighted by Crippen LogP contribution is -2.11. The number of halogens is 1. The molecular formula is C10H11ClO3. The lowest BCUT2D eigenvalue weighted by atomic mass is 10.3. The molecule has 0 heterocycles. The van der Waals surface area contributed by atoms with Gasteiger partial charge in [0.15, 0.2) is 0 Å². The molecule has 0 N–H and O–H groups in total. The molecule has 76 valence electrons. The minimum atomic E-state index is -0.693. The van der Waals surface area contributed by atoms with E-state index in [1.165, 1.54) is 0 Å². The first-order chi connectivity index (χ1) is 6.83. The monoisotopic (exact) mass is 214 g/mol. The Morgan fingerprint density at radius 2 is 2.00 bits per heavy atom. The molecule has 0 bridgehead atoms. The predicted molar refractivity (Wildman–Crippen MR) is 53.8 cm³/mol. The Kier molecular flexibility index (Phi) is 4.86. The van der Waals surface area contributed by atoms with Crippen LogP contribution in [0.15, 0.2) is 30.3 Å². The number of carbonyl (C=O) groups excluding carboxylic acids is 1. The molecule has 3 nitrogen and oxygen atoms in total. The Labute approximate surface area is 87.6 Å². The largest absolute Gasteiger partial charge is 0.513 e.